The zero-order valence-electron chi connectivity index (χ0n) is 12.3. The van der Waals surface area contributed by atoms with Crippen molar-refractivity contribution in [2.24, 2.45) is 0 Å². The van der Waals surface area contributed by atoms with Gasteiger partial charge in [0.05, 0.1) is 6.54 Å². The van der Waals surface area contributed by atoms with Crippen molar-refractivity contribution in [2.75, 3.05) is 0 Å². The molecule has 108 valence electrons. The number of benzene rings is 1. The molecule has 0 saturated carbocycles. The number of hydrogen-bond donors (Lipinski definition) is 0. The van der Waals surface area contributed by atoms with Gasteiger partial charge in [0.25, 0.3) is 5.56 Å². The van der Waals surface area contributed by atoms with Crippen molar-refractivity contribution >= 4 is 5.65 Å². The first-order valence-electron chi connectivity index (χ1n) is 7.18. The molecule has 0 aliphatic heterocycles. The van der Waals surface area contributed by atoms with Crippen LogP contribution in [0.2, 0.25) is 0 Å². The van der Waals surface area contributed by atoms with E-state index in [-0.39, 0.29) is 5.56 Å². The molecule has 0 unspecified atom stereocenters. The number of aryl methyl sites for hydroxylation is 2. The van der Waals surface area contributed by atoms with Crippen molar-refractivity contribution in [3.63, 3.8) is 0 Å². The lowest BCUT2D eigenvalue weighted by atomic mass is 10.1. The van der Waals surface area contributed by atoms with Crippen LogP contribution in [0.15, 0.2) is 41.5 Å². The van der Waals surface area contributed by atoms with Gasteiger partial charge in [-0.25, -0.2) is 0 Å². The van der Waals surface area contributed by atoms with E-state index in [1.165, 1.54) is 5.56 Å². The lowest BCUT2D eigenvalue weighted by Crippen LogP contribution is -2.22. The second kappa shape index (κ2) is 5.52. The summed E-state index contributed by atoms with van der Waals surface area (Å²) in [7, 11) is 0. The van der Waals surface area contributed by atoms with Gasteiger partial charge in [0.2, 0.25) is 5.65 Å². The monoisotopic (exact) mass is 282 g/mol. The topological polar surface area (TPSA) is 52.2 Å². The van der Waals surface area contributed by atoms with Gasteiger partial charge in [-0.2, -0.15) is 0 Å². The van der Waals surface area contributed by atoms with Gasteiger partial charge in [-0.1, -0.05) is 31.2 Å². The number of fused-ring (bicyclic) bond motifs is 1. The van der Waals surface area contributed by atoms with Crippen LogP contribution in [0.25, 0.3) is 5.65 Å². The van der Waals surface area contributed by atoms with E-state index in [1.54, 1.807) is 8.97 Å². The van der Waals surface area contributed by atoms with Crippen LogP contribution in [-0.4, -0.2) is 19.2 Å². The average Bonchev–Trinajstić information content (AvgIpc) is 2.89. The molecule has 0 aliphatic rings. The molecule has 3 aromatic rings. The summed E-state index contributed by atoms with van der Waals surface area (Å²) in [6, 6.07) is 8.08. The predicted octanol–water partition coefficient (Wildman–Crippen LogP) is 2.20. The van der Waals surface area contributed by atoms with Crippen molar-refractivity contribution in [3.8, 4) is 0 Å². The Hall–Kier alpha value is -2.43. The van der Waals surface area contributed by atoms with Crippen LogP contribution in [0.5, 0.6) is 0 Å². The van der Waals surface area contributed by atoms with Gasteiger partial charge in [0.15, 0.2) is 0 Å². The van der Waals surface area contributed by atoms with E-state index in [9.17, 15) is 4.79 Å². The molecule has 2 heterocycles. The molecule has 0 amide bonds. The molecule has 0 fully saturated rings. The van der Waals surface area contributed by atoms with Crippen LogP contribution in [-0.2, 0) is 13.0 Å². The number of hydrogen-bond acceptors (Lipinski definition) is 3. The molecule has 0 atom stereocenters. The molecule has 5 heteroatoms. The first-order valence-corrected chi connectivity index (χ1v) is 7.18. The lowest BCUT2D eigenvalue weighted by Gasteiger charge is -2.08. The quantitative estimate of drug-likeness (QED) is 0.737. The SMILES string of the molecule is CCCc1nnc2c(=O)n(Cc3ccccc3C)ccn12. The highest BCUT2D eigenvalue weighted by atomic mass is 16.1. The maximum Gasteiger partial charge on any atom is 0.296 e. The smallest absolute Gasteiger partial charge is 0.296 e. The highest BCUT2D eigenvalue weighted by molar-refractivity contribution is 5.35. The van der Waals surface area contributed by atoms with E-state index < -0.39 is 0 Å². The molecule has 0 radical (unpaired) electrons. The Kier molecular flexibility index (Phi) is 3.56. The van der Waals surface area contributed by atoms with Crippen LogP contribution < -0.4 is 5.56 Å². The van der Waals surface area contributed by atoms with Gasteiger partial charge < -0.3 is 4.57 Å². The summed E-state index contributed by atoms with van der Waals surface area (Å²) >= 11 is 0. The molecule has 0 saturated heterocycles. The molecular weight excluding hydrogens is 264 g/mol. The van der Waals surface area contributed by atoms with Gasteiger partial charge in [0.1, 0.15) is 5.82 Å². The van der Waals surface area contributed by atoms with Crippen molar-refractivity contribution < 1.29 is 0 Å². The van der Waals surface area contributed by atoms with Crippen LogP contribution in [0, 0.1) is 6.92 Å². The van der Waals surface area contributed by atoms with Crippen molar-refractivity contribution in [3.05, 3.63) is 64.0 Å². The van der Waals surface area contributed by atoms with Crippen LogP contribution >= 0.6 is 0 Å². The molecule has 1 aromatic carbocycles. The van der Waals surface area contributed by atoms with Crippen molar-refractivity contribution in [1.29, 1.82) is 0 Å². The van der Waals surface area contributed by atoms with E-state index in [0.29, 0.717) is 12.2 Å². The fraction of sp³-hybridized carbons (Fsp3) is 0.312. The van der Waals surface area contributed by atoms with Gasteiger partial charge in [-0.05, 0) is 24.5 Å². The maximum atomic E-state index is 12.5. The second-order valence-electron chi connectivity index (χ2n) is 5.22. The first-order chi connectivity index (χ1) is 10.2. The minimum absolute atomic E-state index is 0.101. The van der Waals surface area contributed by atoms with Gasteiger partial charge >= 0.3 is 0 Å². The summed E-state index contributed by atoms with van der Waals surface area (Å²) in [5.41, 5.74) is 2.61. The minimum Gasteiger partial charge on any atom is -0.306 e. The first kappa shape index (κ1) is 13.5. The van der Waals surface area contributed by atoms with Crippen molar-refractivity contribution in [1.82, 2.24) is 19.2 Å². The molecule has 0 spiro atoms. The molecule has 2 aromatic heterocycles. The third-order valence-electron chi connectivity index (χ3n) is 3.69. The highest BCUT2D eigenvalue weighted by Gasteiger charge is 2.10. The third-order valence-corrected chi connectivity index (χ3v) is 3.69. The Morgan fingerprint density at radius 1 is 1.14 bits per heavy atom. The van der Waals surface area contributed by atoms with Crippen molar-refractivity contribution in [2.45, 2.75) is 33.2 Å². The second-order valence-corrected chi connectivity index (χ2v) is 5.22. The van der Waals surface area contributed by atoms with Crippen LogP contribution in [0.3, 0.4) is 0 Å². The van der Waals surface area contributed by atoms with Crippen LogP contribution in [0.4, 0.5) is 0 Å². The zero-order valence-corrected chi connectivity index (χ0v) is 12.3. The summed E-state index contributed by atoms with van der Waals surface area (Å²) in [6.45, 7) is 4.69. The Morgan fingerprint density at radius 2 is 1.95 bits per heavy atom. The van der Waals surface area contributed by atoms with Gasteiger partial charge in [-0.15, -0.1) is 10.2 Å². The van der Waals surface area contributed by atoms with Gasteiger partial charge in [0, 0.05) is 18.8 Å². The summed E-state index contributed by atoms with van der Waals surface area (Å²) in [6.07, 6.45) is 5.49. The molecule has 0 aliphatic carbocycles. The minimum atomic E-state index is -0.101. The summed E-state index contributed by atoms with van der Waals surface area (Å²) in [4.78, 5) is 12.5. The standard InChI is InChI=1S/C16H18N4O/c1-3-6-14-17-18-15-16(21)19(9-10-20(14)15)11-13-8-5-4-7-12(13)2/h4-5,7-10H,3,6,11H2,1-2H3. The number of aromatic nitrogens is 4. The Balaban J connectivity index is 2.03. The Labute approximate surface area is 122 Å². The molecule has 21 heavy (non-hydrogen) atoms. The summed E-state index contributed by atoms with van der Waals surface area (Å²) < 4.78 is 3.47. The zero-order chi connectivity index (χ0) is 14.8. The molecular formula is C16H18N4O. The fourth-order valence-electron chi connectivity index (χ4n) is 2.46. The predicted molar refractivity (Wildman–Crippen MR) is 81.5 cm³/mol. The summed E-state index contributed by atoms with van der Waals surface area (Å²) in [5.74, 6) is 0.840. The Bertz CT molecular complexity index is 832. The maximum absolute atomic E-state index is 12.5. The van der Waals surface area contributed by atoms with E-state index in [1.807, 2.05) is 30.6 Å². The summed E-state index contributed by atoms with van der Waals surface area (Å²) in [5, 5.41) is 8.15. The van der Waals surface area contributed by atoms with Gasteiger partial charge in [-0.3, -0.25) is 9.20 Å². The van der Waals surface area contributed by atoms with Crippen LogP contribution in [0.1, 0.15) is 30.3 Å². The number of rotatable bonds is 4. The molecule has 0 N–H and O–H groups in total. The number of nitrogens with zero attached hydrogens (tertiary/aromatic N) is 4. The largest absolute Gasteiger partial charge is 0.306 e. The normalized spacial score (nSPS) is 11.1. The van der Waals surface area contributed by atoms with E-state index in [2.05, 4.69) is 30.1 Å². The molecule has 3 rings (SSSR count). The molecule has 5 nitrogen and oxygen atoms in total. The average molecular weight is 282 g/mol. The highest BCUT2D eigenvalue weighted by Crippen LogP contribution is 2.09. The third kappa shape index (κ3) is 2.46. The van der Waals surface area contributed by atoms with E-state index >= 15 is 0 Å². The lowest BCUT2D eigenvalue weighted by molar-refractivity contribution is 0.740. The van der Waals surface area contributed by atoms with E-state index in [4.69, 9.17) is 0 Å². The van der Waals surface area contributed by atoms with E-state index in [0.717, 1.165) is 24.2 Å². The molecule has 0 bridgehead atoms. The Morgan fingerprint density at radius 3 is 2.71 bits per heavy atom. The fourth-order valence-corrected chi connectivity index (χ4v) is 2.46.